The number of likely N-dealkylation sites (N-methyl/N-ethyl adjacent to an activating group) is 1. The molecule has 0 radical (unpaired) electrons. The second-order valence-electron chi connectivity index (χ2n) is 6.13. The van der Waals surface area contributed by atoms with Crippen LogP contribution in [0.2, 0.25) is 0 Å². The molecule has 0 saturated carbocycles. The molecule has 0 bridgehead atoms. The molecule has 0 heterocycles. The standard InChI is InChI=1S/C17H28N2/c1-13(2)19(4)11-10-18-14(3)16-9-8-15-6-5-7-17(15)12-16/h8-9,12-14,18H,5-7,10-11H2,1-4H3. The first-order valence-corrected chi connectivity index (χ1v) is 7.63. The molecule has 1 N–H and O–H groups in total. The van der Waals surface area contributed by atoms with Crippen molar-refractivity contribution < 1.29 is 0 Å². The molecular weight excluding hydrogens is 232 g/mol. The van der Waals surface area contributed by atoms with Crippen molar-refractivity contribution in [3.8, 4) is 0 Å². The van der Waals surface area contributed by atoms with E-state index in [1.807, 2.05) is 0 Å². The van der Waals surface area contributed by atoms with Crippen LogP contribution in [0.15, 0.2) is 18.2 Å². The number of aryl methyl sites for hydroxylation is 2. The number of rotatable bonds is 6. The lowest BCUT2D eigenvalue weighted by atomic mass is 10.0. The second kappa shape index (κ2) is 6.53. The summed E-state index contributed by atoms with van der Waals surface area (Å²) in [7, 11) is 2.19. The van der Waals surface area contributed by atoms with Crippen LogP contribution in [-0.2, 0) is 12.8 Å². The van der Waals surface area contributed by atoms with Gasteiger partial charge in [0.2, 0.25) is 0 Å². The first kappa shape index (κ1) is 14.5. The van der Waals surface area contributed by atoms with E-state index < -0.39 is 0 Å². The molecule has 0 spiro atoms. The van der Waals surface area contributed by atoms with Crippen LogP contribution in [0.1, 0.15) is 49.9 Å². The van der Waals surface area contributed by atoms with E-state index in [0.717, 1.165) is 13.1 Å². The van der Waals surface area contributed by atoms with Gasteiger partial charge in [-0.3, -0.25) is 0 Å². The fourth-order valence-electron chi connectivity index (χ4n) is 2.69. The van der Waals surface area contributed by atoms with Gasteiger partial charge in [0.15, 0.2) is 0 Å². The summed E-state index contributed by atoms with van der Waals surface area (Å²) in [6.45, 7) is 8.90. The van der Waals surface area contributed by atoms with Gasteiger partial charge in [0, 0.05) is 25.2 Å². The fraction of sp³-hybridized carbons (Fsp3) is 0.647. The summed E-state index contributed by atoms with van der Waals surface area (Å²) in [6, 6.07) is 8.11. The number of nitrogens with zero attached hydrogens (tertiary/aromatic N) is 1. The maximum Gasteiger partial charge on any atom is 0.0292 e. The largest absolute Gasteiger partial charge is 0.309 e. The van der Waals surface area contributed by atoms with Crippen molar-refractivity contribution in [2.75, 3.05) is 20.1 Å². The van der Waals surface area contributed by atoms with Crippen molar-refractivity contribution in [1.82, 2.24) is 10.2 Å². The summed E-state index contributed by atoms with van der Waals surface area (Å²) < 4.78 is 0. The van der Waals surface area contributed by atoms with Gasteiger partial charge in [0.25, 0.3) is 0 Å². The lowest BCUT2D eigenvalue weighted by Crippen LogP contribution is -2.34. The molecule has 1 aromatic rings. The molecule has 1 unspecified atom stereocenters. The summed E-state index contributed by atoms with van der Waals surface area (Å²) in [4.78, 5) is 2.38. The van der Waals surface area contributed by atoms with Gasteiger partial charge < -0.3 is 10.2 Å². The van der Waals surface area contributed by atoms with Gasteiger partial charge in [-0.25, -0.2) is 0 Å². The third kappa shape index (κ3) is 3.80. The summed E-state index contributed by atoms with van der Waals surface area (Å²) in [5, 5.41) is 3.63. The quantitative estimate of drug-likeness (QED) is 0.845. The van der Waals surface area contributed by atoms with Crippen molar-refractivity contribution in [2.45, 2.75) is 52.1 Å². The van der Waals surface area contributed by atoms with Gasteiger partial charge in [-0.1, -0.05) is 18.2 Å². The monoisotopic (exact) mass is 260 g/mol. The van der Waals surface area contributed by atoms with Crippen LogP contribution in [-0.4, -0.2) is 31.1 Å². The lowest BCUT2D eigenvalue weighted by molar-refractivity contribution is 0.270. The summed E-state index contributed by atoms with van der Waals surface area (Å²) in [5.41, 5.74) is 4.58. The molecule has 2 nitrogen and oxygen atoms in total. The van der Waals surface area contributed by atoms with Gasteiger partial charge in [-0.05, 0) is 63.8 Å². The van der Waals surface area contributed by atoms with E-state index in [0.29, 0.717) is 12.1 Å². The summed E-state index contributed by atoms with van der Waals surface area (Å²) >= 11 is 0. The molecule has 2 heteroatoms. The average Bonchev–Trinajstić information content (AvgIpc) is 2.85. The van der Waals surface area contributed by atoms with E-state index in [4.69, 9.17) is 0 Å². The van der Waals surface area contributed by atoms with Crippen LogP contribution in [0.3, 0.4) is 0 Å². The topological polar surface area (TPSA) is 15.3 Å². The molecule has 0 saturated heterocycles. The zero-order valence-electron chi connectivity index (χ0n) is 12.9. The molecular formula is C17H28N2. The smallest absolute Gasteiger partial charge is 0.0292 e. The van der Waals surface area contributed by atoms with Crippen LogP contribution >= 0.6 is 0 Å². The van der Waals surface area contributed by atoms with Crippen molar-refractivity contribution in [3.05, 3.63) is 34.9 Å². The second-order valence-corrected chi connectivity index (χ2v) is 6.13. The van der Waals surface area contributed by atoms with Crippen molar-refractivity contribution in [1.29, 1.82) is 0 Å². The molecule has 106 valence electrons. The molecule has 0 aliphatic heterocycles. The van der Waals surface area contributed by atoms with E-state index in [1.165, 1.54) is 24.8 Å². The molecule has 0 amide bonds. The molecule has 2 rings (SSSR count). The van der Waals surface area contributed by atoms with Crippen molar-refractivity contribution in [3.63, 3.8) is 0 Å². The number of benzene rings is 1. The lowest BCUT2D eigenvalue weighted by Gasteiger charge is -2.23. The van der Waals surface area contributed by atoms with Crippen LogP contribution in [0.5, 0.6) is 0 Å². The zero-order valence-corrected chi connectivity index (χ0v) is 12.9. The van der Waals surface area contributed by atoms with E-state index in [1.54, 1.807) is 11.1 Å². The summed E-state index contributed by atoms with van der Waals surface area (Å²) in [6.07, 6.45) is 3.88. The van der Waals surface area contributed by atoms with Crippen LogP contribution < -0.4 is 5.32 Å². The average molecular weight is 260 g/mol. The molecule has 1 aromatic carbocycles. The third-order valence-corrected chi connectivity index (χ3v) is 4.42. The maximum absolute atomic E-state index is 3.63. The number of hydrogen-bond donors (Lipinski definition) is 1. The number of fused-ring (bicyclic) bond motifs is 1. The van der Waals surface area contributed by atoms with Crippen LogP contribution in [0.4, 0.5) is 0 Å². The highest BCUT2D eigenvalue weighted by molar-refractivity contribution is 5.36. The van der Waals surface area contributed by atoms with Gasteiger partial charge in [-0.2, -0.15) is 0 Å². The minimum Gasteiger partial charge on any atom is -0.309 e. The van der Waals surface area contributed by atoms with E-state index in [9.17, 15) is 0 Å². The maximum atomic E-state index is 3.63. The first-order valence-electron chi connectivity index (χ1n) is 7.63. The Labute approximate surface area is 118 Å². The minimum absolute atomic E-state index is 0.450. The van der Waals surface area contributed by atoms with Gasteiger partial charge in [0.05, 0.1) is 0 Å². The predicted octanol–water partition coefficient (Wildman–Crippen LogP) is 3.17. The van der Waals surface area contributed by atoms with Gasteiger partial charge in [0.1, 0.15) is 0 Å². The van der Waals surface area contributed by atoms with E-state index in [-0.39, 0.29) is 0 Å². The zero-order chi connectivity index (χ0) is 13.8. The van der Waals surface area contributed by atoms with E-state index in [2.05, 4.69) is 56.2 Å². The highest BCUT2D eigenvalue weighted by Crippen LogP contribution is 2.25. The van der Waals surface area contributed by atoms with E-state index >= 15 is 0 Å². The van der Waals surface area contributed by atoms with Crippen LogP contribution in [0.25, 0.3) is 0 Å². The molecule has 1 aliphatic rings. The summed E-state index contributed by atoms with van der Waals surface area (Å²) in [5.74, 6) is 0. The third-order valence-electron chi connectivity index (χ3n) is 4.42. The molecule has 0 fully saturated rings. The van der Waals surface area contributed by atoms with Gasteiger partial charge >= 0.3 is 0 Å². The molecule has 1 atom stereocenters. The Balaban J connectivity index is 1.84. The SMILES string of the molecule is CC(NCCN(C)C(C)C)c1ccc2c(c1)CCC2. The Morgan fingerprint density at radius 3 is 2.63 bits per heavy atom. The fourth-order valence-corrected chi connectivity index (χ4v) is 2.69. The highest BCUT2D eigenvalue weighted by Gasteiger charge is 2.13. The molecule has 1 aliphatic carbocycles. The Kier molecular flexibility index (Phi) is 5.00. The molecule has 0 aromatic heterocycles. The number of nitrogens with one attached hydrogen (secondary N) is 1. The van der Waals surface area contributed by atoms with Crippen LogP contribution in [0, 0.1) is 0 Å². The minimum atomic E-state index is 0.450. The Hall–Kier alpha value is -0.860. The first-order chi connectivity index (χ1) is 9.08. The highest BCUT2D eigenvalue weighted by atomic mass is 15.1. The molecule has 19 heavy (non-hydrogen) atoms. The van der Waals surface area contributed by atoms with Gasteiger partial charge in [-0.15, -0.1) is 0 Å². The normalized spacial score (nSPS) is 16.1. The van der Waals surface area contributed by atoms with Crippen molar-refractivity contribution >= 4 is 0 Å². The Morgan fingerprint density at radius 2 is 1.89 bits per heavy atom. The van der Waals surface area contributed by atoms with Crippen molar-refractivity contribution in [2.24, 2.45) is 0 Å². The predicted molar refractivity (Wildman–Crippen MR) is 82.7 cm³/mol. The Morgan fingerprint density at radius 1 is 1.16 bits per heavy atom. The number of hydrogen-bond acceptors (Lipinski definition) is 2. The Bertz CT molecular complexity index is 412.